The van der Waals surface area contributed by atoms with E-state index in [0.29, 0.717) is 0 Å². The van der Waals surface area contributed by atoms with Crippen LogP contribution in [0.5, 0.6) is 0 Å². The van der Waals surface area contributed by atoms with Gasteiger partial charge < -0.3 is 5.32 Å². The fourth-order valence-electron chi connectivity index (χ4n) is 2.50. The second kappa shape index (κ2) is 6.95. The maximum atomic E-state index is 6.30. The Labute approximate surface area is 123 Å². The molecule has 100 valence electrons. The molecule has 1 aliphatic carbocycles. The number of hydrogen-bond donors (Lipinski definition) is 1. The van der Waals surface area contributed by atoms with E-state index in [4.69, 9.17) is 23.2 Å². The van der Waals surface area contributed by atoms with Crippen molar-refractivity contribution in [1.29, 1.82) is 0 Å². The largest absolute Gasteiger partial charge is 0.307 e. The summed E-state index contributed by atoms with van der Waals surface area (Å²) < 4.78 is 1.59. The average Bonchev–Trinajstić information content (AvgIpc) is 2.58. The number of rotatable bonds is 4. The molecule has 2 rings (SSSR count). The van der Waals surface area contributed by atoms with Crippen LogP contribution in [0, 0.1) is 0 Å². The summed E-state index contributed by atoms with van der Waals surface area (Å²) in [5.74, 6) is 0. The highest BCUT2D eigenvalue weighted by Crippen LogP contribution is 2.39. The van der Waals surface area contributed by atoms with Crippen molar-refractivity contribution in [2.45, 2.75) is 45.1 Å². The van der Waals surface area contributed by atoms with E-state index in [2.05, 4.69) is 18.3 Å². The number of likely N-dealkylation sites (N-methyl/N-ethyl adjacent to an activating group) is 1. The smallest absolute Gasteiger partial charge is 0.0995 e. The monoisotopic (exact) mass is 303 g/mol. The molecule has 0 amide bonds. The van der Waals surface area contributed by atoms with Gasteiger partial charge in [0.05, 0.1) is 14.7 Å². The molecule has 0 aliphatic heterocycles. The molecular formula is C14H19Cl2NS. The van der Waals surface area contributed by atoms with Crippen molar-refractivity contribution < 1.29 is 0 Å². The first-order valence-corrected chi connectivity index (χ1v) is 8.16. The fraction of sp³-hybridized carbons (Fsp3) is 0.571. The fourth-order valence-corrected chi connectivity index (χ4v) is 4.03. The molecule has 1 heterocycles. The minimum Gasteiger partial charge on any atom is -0.307 e. The Kier molecular flexibility index (Phi) is 5.56. The number of nitrogens with one attached hydrogen (secondary N) is 1. The minimum atomic E-state index is 0.240. The molecule has 1 atom stereocenters. The van der Waals surface area contributed by atoms with E-state index in [1.165, 1.54) is 49.0 Å². The van der Waals surface area contributed by atoms with Gasteiger partial charge in [0.2, 0.25) is 0 Å². The molecule has 0 aromatic carbocycles. The molecule has 0 bridgehead atoms. The van der Waals surface area contributed by atoms with Crippen LogP contribution in [0.4, 0.5) is 0 Å². The maximum absolute atomic E-state index is 6.30. The van der Waals surface area contributed by atoms with Gasteiger partial charge in [0.15, 0.2) is 0 Å². The molecule has 0 fully saturated rings. The second-order valence-electron chi connectivity index (χ2n) is 4.65. The molecule has 1 N–H and O–H groups in total. The number of halogens is 2. The quantitative estimate of drug-likeness (QED) is 0.714. The summed E-state index contributed by atoms with van der Waals surface area (Å²) in [5.41, 5.74) is 2.62. The van der Waals surface area contributed by atoms with E-state index in [-0.39, 0.29) is 6.04 Å². The highest BCUT2D eigenvalue weighted by atomic mass is 35.5. The molecule has 0 spiro atoms. The molecular weight excluding hydrogens is 285 g/mol. The van der Waals surface area contributed by atoms with E-state index in [0.717, 1.165) is 20.8 Å². The lowest BCUT2D eigenvalue weighted by Crippen LogP contribution is -2.22. The number of allylic oxidation sites excluding steroid dienone is 1. The summed E-state index contributed by atoms with van der Waals surface area (Å²) in [7, 11) is 0. The summed E-state index contributed by atoms with van der Waals surface area (Å²) in [6.07, 6.45) is 8.66. The van der Waals surface area contributed by atoms with Crippen LogP contribution in [0.2, 0.25) is 8.67 Å². The third-order valence-electron chi connectivity index (χ3n) is 3.35. The third kappa shape index (κ3) is 3.51. The van der Waals surface area contributed by atoms with Crippen LogP contribution < -0.4 is 5.32 Å². The molecule has 0 radical (unpaired) electrons. The van der Waals surface area contributed by atoms with Crippen molar-refractivity contribution in [1.82, 2.24) is 5.32 Å². The first-order chi connectivity index (χ1) is 8.72. The molecule has 4 heteroatoms. The third-order valence-corrected chi connectivity index (χ3v) is 4.87. The molecule has 0 saturated carbocycles. The van der Waals surface area contributed by atoms with E-state index in [1.807, 2.05) is 6.07 Å². The van der Waals surface area contributed by atoms with Crippen molar-refractivity contribution in [2.24, 2.45) is 0 Å². The Hall–Kier alpha value is -0.0200. The van der Waals surface area contributed by atoms with Crippen LogP contribution >= 0.6 is 34.5 Å². The molecule has 1 nitrogen and oxygen atoms in total. The van der Waals surface area contributed by atoms with Gasteiger partial charge in [-0.2, -0.15) is 0 Å². The zero-order chi connectivity index (χ0) is 13.0. The Morgan fingerprint density at radius 1 is 1.33 bits per heavy atom. The van der Waals surface area contributed by atoms with E-state index >= 15 is 0 Å². The van der Waals surface area contributed by atoms with E-state index in [1.54, 1.807) is 0 Å². The summed E-state index contributed by atoms with van der Waals surface area (Å²) in [6.45, 7) is 3.07. The van der Waals surface area contributed by atoms with Gasteiger partial charge in [-0.3, -0.25) is 0 Å². The van der Waals surface area contributed by atoms with E-state index in [9.17, 15) is 0 Å². The lowest BCUT2D eigenvalue weighted by molar-refractivity contribution is 0.591. The Balaban J connectivity index is 2.26. The van der Waals surface area contributed by atoms with Gasteiger partial charge in [0, 0.05) is 5.56 Å². The lowest BCUT2D eigenvalue weighted by Gasteiger charge is -2.21. The average molecular weight is 304 g/mol. The second-order valence-corrected chi connectivity index (χ2v) is 6.93. The Morgan fingerprint density at radius 3 is 2.83 bits per heavy atom. The highest BCUT2D eigenvalue weighted by molar-refractivity contribution is 7.20. The van der Waals surface area contributed by atoms with Gasteiger partial charge in [-0.05, 0) is 38.3 Å². The van der Waals surface area contributed by atoms with Crippen molar-refractivity contribution in [3.8, 4) is 0 Å². The summed E-state index contributed by atoms with van der Waals surface area (Å²) in [4.78, 5) is 0. The van der Waals surface area contributed by atoms with Gasteiger partial charge >= 0.3 is 0 Å². The topological polar surface area (TPSA) is 12.0 Å². The maximum Gasteiger partial charge on any atom is 0.0995 e. The van der Waals surface area contributed by atoms with Gasteiger partial charge in [-0.1, -0.05) is 48.2 Å². The molecule has 1 unspecified atom stereocenters. The molecule has 18 heavy (non-hydrogen) atoms. The Bertz CT molecular complexity index is 425. The van der Waals surface area contributed by atoms with Crippen LogP contribution in [0.25, 0.3) is 0 Å². The van der Waals surface area contributed by atoms with Crippen molar-refractivity contribution in [3.63, 3.8) is 0 Å². The zero-order valence-corrected chi connectivity index (χ0v) is 13.0. The predicted molar refractivity (Wildman–Crippen MR) is 81.9 cm³/mol. The lowest BCUT2D eigenvalue weighted by atomic mass is 9.97. The first kappa shape index (κ1) is 14.4. The normalized spacial score (nSPS) is 18.3. The molecule has 0 saturated heterocycles. The van der Waals surface area contributed by atoms with Crippen LogP contribution in [-0.2, 0) is 0 Å². The number of thiophene rings is 1. The summed E-state index contributed by atoms with van der Waals surface area (Å²) in [5, 5.41) is 3.55. The summed E-state index contributed by atoms with van der Waals surface area (Å²) in [6, 6.07) is 2.25. The predicted octanol–water partition coefficient (Wildman–Crippen LogP) is 5.60. The SMILES string of the molecule is CCNC(C1=CCCCCC1)c1cc(Cl)sc1Cl. The first-order valence-electron chi connectivity index (χ1n) is 6.59. The van der Waals surface area contributed by atoms with Gasteiger partial charge in [-0.25, -0.2) is 0 Å². The van der Waals surface area contributed by atoms with Crippen LogP contribution in [0.15, 0.2) is 17.7 Å². The zero-order valence-electron chi connectivity index (χ0n) is 10.6. The highest BCUT2D eigenvalue weighted by Gasteiger charge is 2.21. The van der Waals surface area contributed by atoms with Crippen LogP contribution in [0.1, 0.15) is 50.6 Å². The summed E-state index contributed by atoms with van der Waals surface area (Å²) >= 11 is 13.8. The van der Waals surface area contributed by atoms with Crippen LogP contribution in [-0.4, -0.2) is 6.54 Å². The van der Waals surface area contributed by atoms with Gasteiger partial charge in [-0.15, -0.1) is 11.3 Å². The minimum absolute atomic E-state index is 0.240. The van der Waals surface area contributed by atoms with Gasteiger partial charge in [0.1, 0.15) is 0 Å². The molecule has 1 aliphatic rings. The van der Waals surface area contributed by atoms with Gasteiger partial charge in [0.25, 0.3) is 0 Å². The van der Waals surface area contributed by atoms with Crippen molar-refractivity contribution in [2.75, 3.05) is 6.54 Å². The van der Waals surface area contributed by atoms with Crippen molar-refractivity contribution >= 4 is 34.5 Å². The van der Waals surface area contributed by atoms with E-state index < -0.39 is 0 Å². The molecule has 1 aromatic rings. The Morgan fingerprint density at radius 2 is 2.17 bits per heavy atom. The standard InChI is InChI=1S/C14H19Cl2NS/c1-2-17-13(10-7-5-3-4-6-8-10)11-9-12(15)18-14(11)16/h7,9,13,17H,2-6,8H2,1H3. The van der Waals surface area contributed by atoms with Crippen molar-refractivity contribution in [3.05, 3.63) is 32.0 Å². The van der Waals surface area contributed by atoms with Crippen LogP contribution in [0.3, 0.4) is 0 Å². The molecule has 1 aromatic heterocycles. The number of hydrogen-bond acceptors (Lipinski definition) is 2.